The minimum absolute atomic E-state index is 0.0542. The molecule has 2 heterocycles. The van der Waals surface area contributed by atoms with Crippen molar-refractivity contribution in [2.75, 3.05) is 0 Å². The Morgan fingerprint density at radius 3 is 2.40 bits per heavy atom. The van der Waals surface area contributed by atoms with Crippen LogP contribution in [0.3, 0.4) is 0 Å². The van der Waals surface area contributed by atoms with E-state index in [1.165, 1.54) is 10.3 Å². The van der Waals surface area contributed by atoms with Crippen LogP contribution in [0.15, 0.2) is 5.38 Å². The summed E-state index contributed by atoms with van der Waals surface area (Å²) >= 11 is 1.15. The number of carbonyl (C=O) groups is 3. The van der Waals surface area contributed by atoms with Gasteiger partial charge >= 0.3 is 5.97 Å². The van der Waals surface area contributed by atoms with Crippen LogP contribution in [0, 0.1) is 17.3 Å². The van der Waals surface area contributed by atoms with Gasteiger partial charge in [-0.05, 0) is 12.3 Å². The maximum Gasteiger partial charge on any atom is 0.355 e. The van der Waals surface area contributed by atoms with Crippen LogP contribution >= 0.6 is 11.3 Å². The van der Waals surface area contributed by atoms with Crippen LogP contribution in [-0.4, -0.2) is 32.8 Å². The van der Waals surface area contributed by atoms with Crippen molar-refractivity contribution in [1.82, 2.24) is 9.88 Å². The molecule has 1 aromatic rings. The van der Waals surface area contributed by atoms with Crippen molar-refractivity contribution >= 4 is 29.1 Å². The molecule has 1 aliphatic carbocycles. The second-order valence-electron chi connectivity index (χ2n) is 5.88. The predicted molar refractivity (Wildman–Crippen MR) is 70.1 cm³/mol. The molecule has 3 rings (SSSR count). The van der Waals surface area contributed by atoms with Crippen LogP contribution in [0.1, 0.15) is 42.3 Å². The van der Waals surface area contributed by atoms with Gasteiger partial charge in [0, 0.05) is 5.38 Å². The van der Waals surface area contributed by atoms with Gasteiger partial charge in [-0.2, -0.15) is 0 Å². The summed E-state index contributed by atoms with van der Waals surface area (Å²) in [6.45, 7) is 5.55. The summed E-state index contributed by atoms with van der Waals surface area (Å²) in [4.78, 5) is 40.6. The van der Waals surface area contributed by atoms with Gasteiger partial charge in [0.05, 0.1) is 17.9 Å². The zero-order valence-corrected chi connectivity index (χ0v) is 12.1. The van der Waals surface area contributed by atoms with Gasteiger partial charge in [0.25, 0.3) is 0 Å². The van der Waals surface area contributed by atoms with Gasteiger partial charge in [-0.3, -0.25) is 14.5 Å². The minimum Gasteiger partial charge on any atom is -0.476 e. The predicted octanol–water partition coefficient (Wildman–Crippen LogP) is 1.54. The number of likely N-dealkylation sites (tertiary alicyclic amines) is 1. The Kier molecular flexibility index (Phi) is 2.57. The summed E-state index contributed by atoms with van der Waals surface area (Å²) in [7, 11) is 0. The van der Waals surface area contributed by atoms with E-state index in [0.29, 0.717) is 5.01 Å². The fourth-order valence-corrected chi connectivity index (χ4v) is 3.88. The molecule has 6 nitrogen and oxygen atoms in total. The quantitative estimate of drug-likeness (QED) is 0.854. The van der Waals surface area contributed by atoms with Crippen LogP contribution < -0.4 is 0 Å². The lowest BCUT2D eigenvalue weighted by atomic mass is 10.0. The summed E-state index contributed by atoms with van der Waals surface area (Å²) in [5.41, 5.74) is -0.291. The number of imide groups is 1. The zero-order chi connectivity index (χ0) is 14.8. The number of carboxylic acid groups (broad SMARTS) is 1. The summed E-state index contributed by atoms with van der Waals surface area (Å²) in [5.74, 6) is -1.88. The lowest BCUT2D eigenvalue weighted by Crippen LogP contribution is -2.38. The summed E-state index contributed by atoms with van der Waals surface area (Å²) in [6, 6.07) is -0.503. The number of rotatable bonds is 3. The SMILES string of the molecule is CC(c1nc(C(=O)O)cs1)N1C(=O)C2C(C1=O)C2(C)C. The molecule has 0 radical (unpaired) electrons. The van der Waals surface area contributed by atoms with Crippen LogP contribution in [0.4, 0.5) is 0 Å². The number of carboxylic acids is 1. The lowest BCUT2D eigenvalue weighted by Gasteiger charge is -2.25. The molecule has 3 unspecified atom stereocenters. The van der Waals surface area contributed by atoms with Crippen molar-refractivity contribution in [3.05, 3.63) is 16.1 Å². The monoisotopic (exact) mass is 294 g/mol. The van der Waals surface area contributed by atoms with Crippen molar-refractivity contribution in [3.8, 4) is 0 Å². The van der Waals surface area contributed by atoms with Gasteiger partial charge in [0.2, 0.25) is 11.8 Å². The van der Waals surface area contributed by atoms with E-state index in [-0.39, 0.29) is 34.8 Å². The highest BCUT2D eigenvalue weighted by atomic mass is 32.1. The second kappa shape index (κ2) is 3.88. The molecule has 1 aliphatic heterocycles. The van der Waals surface area contributed by atoms with Crippen molar-refractivity contribution in [2.45, 2.75) is 26.8 Å². The number of thiazole rings is 1. The van der Waals surface area contributed by atoms with E-state index in [9.17, 15) is 14.4 Å². The molecule has 2 aliphatic rings. The Hall–Kier alpha value is -1.76. The first-order valence-electron chi connectivity index (χ1n) is 6.32. The average Bonchev–Trinajstić information content (AvgIpc) is 2.70. The van der Waals surface area contributed by atoms with E-state index in [0.717, 1.165) is 11.3 Å². The third-order valence-electron chi connectivity index (χ3n) is 4.32. The van der Waals surface area contributed by atoms with Gasteiger partial charge in [-0.1, -0.05) is 13.8 Å². The smallest absolute Gasteiger partial charge is 0.355 e. The molecular formula is C13H14N2O4S. The Balaban J connectivity index is 1.85. The molecule has 20 heavy (non-hydrogen) atoms. The molecule has 2 fully saturated rings. The van der Waals surface area contributed by atoms with Crippen LogP contribution in [-0.2, 0) is 9.59 Å². The Labute approximate surface area is 119 Å². The van der Waals surface area contributed by atoms with E-state index in [1.54, 1.807) is 6.92 Å². The minimum atomic E-state index is -1.11. The highest BCUT2D eigenvalue weighted by Gasteiger charge is 2.73. The third-order valence-corrected chi connectivity index (χ3v) is 5.34. The molecule has 2 amide bonds. The topological polar surface area (TPSA) is 87.6 Å². The maximum absolute atomic E-state index is 12.3. The van der Waals surface area contributed by atoms with Crippen molar-refractivity contribution in [1.29, 1.82) is 0 Å². The number of hydrogen-bond acceptors (Lipinski definition) is 5. The molecule has 106 valence electrons. The fourth-order valence-electron chi connectivity index (χ4n) is 3.04. The molecule has 0 bridgehead atoms. The standard InChI is InChI=1S/C13H14N2O4S/c1-5(9-14-6(4-20-9)12(18)19)15-10(16)7-8(11(15)17)13(7,2)3/h4-5,7-8H,1-3H3,(H,18,19). The number of fused-ring (bicyclic) bond motifs is 1. The number of carbonyl (C=O) groups excluding carboxylic acids is 2. The Bertz CT molecular complexity index is 612. The first kappa shape index (κ1) is 13.2. The van der Waals surface area contributed by atoms with E-state index >= 15 is 0 Å². The van der Waals surface area contributed by atoms with Crippen molar-refractivity contribution in [3.63, 3.8) is 0 Å². The number of amides is 2. The second-order valence-corrected chi connectivity index (χ2v) is 6.76. The maximum atomic E-state index is 12.3. The molecular weight excluding hydrogens is 280 g/mol. The third kappa shape index (κ3) is 1.56. The normalized spacial score (nSPS) is 28.4. The molecule has 7 heteroatoms. The van der Waals surface area contributed by atoms with E-state index in [1.807, 2.05) is 13.8 Å². The Morgan fingerprint density at radius 2 is 1.95 bits per heavy atom. The summed E-state index contributed by atoms with van der Waals surface area (Å²) in [5, 5.41) is 10.8. The van der Waals surface area contributed by atoms with Crippen molar-refractivity contribution in [2.24, 2.45) is 17.3 Å². The summed E-state index contributed by atoms with van der Waals surface area (Å²) < 4.78 is 0. The van der Waals surface area contributed by atoms with E-state index in [4.69, 9.17) is 5.11 Å². The Morgan fingerprint density at radius 1 is 1.40 bits per heavy atom. The number of hydrogen-bond donors (Lipinski definition) is 1. The summed E-state index contributed by atoms with van der Waals surface area (Å²) in [6.07, 6.45) is 0. The van der Waals surface area contributed by atoms with Crippen LogP contribution in [0.5, 0.6) is 0 Å². The fraction of sp³-hybridized carbons (Fsp3) is 0.538. The van der Waals surface area contributed by atoms with Gasteiger partial charge in [-0.15, -0.1) is 11.3 Å². The number of piperidine rings is 1. The average molecular weight is 294 g/mol. The van der Waals surface area contributed by atoms with Gasteiger partial charge in [-0.25, -0.2) is 9.78 Å². The molecule has 1 saturated heterocycles. The molecule has 1 N–H and O–H groups in total. The van der Waals surface area contributed by atoms with Crippen LogP contribution in [0.2, 0.25) is 0 Å². The highest BCUT2D eigenvalue weighted by molar-refractivity contribution is 7.09. The van der Waals surface area contributed by atoms with Gasteiger partial charge in [0.1, 0.15) is 5.01 Å². The van der Waals surface area contributed by atoms with E-state index in [2.05, 4.69) is 4.98 Å². The number of aromatic carboxylic acids is 1. The molecule has 3 atom stereocenters. The van der Waals surface area contributed by atoms with Gasteiger partial charge in [0.15, 0.2) is 5.69 Å². The number of aromatic nitrogens is 1. The zero-order valence-electron chi connectivity index (χ0n) is 11.3. The number of nitrogens with zero attached hydrogens (tertiary/aromatic N) is 2. The van der Waals surface area contributed by atoms with Crippen molar-refractivity contribution < 1.29 is 19.5 Å². The first-order chi connectivity index (χ1) is 9.26. The molecule has 0 aromatic carbocycles. The van der Waals surface area contributed by atoms with Gasteiger partial charge < -0.3 is 5.11 Å². The molecule has 0 spiro atoms. The lowest BCUT2D eigenvalue weighted by molar-refractivity contribution is -0.145. The first-order valence-corrected chi connectivity index (χ1v) is 7.20. The van der Waals surface area contributed by atoms with Crippen LogP contribution in [0.25, 0.3) is 0 Å². The largest absolute Gasteiger partial charge is 0.476 e. The van der Waals surface area contributed by atoms with E-state index < -0.39 is 12.0 Å². The molecule has 1 saturated carbocycles. The molecule has 1 aromatic heterocycles. The highest BCUT2D eigenvalue weighted by Crippen LogP contribution is 2.64.